The third kappa shape index (κ3) is 6.49. The van der Waals surface area contributed by atoms with Crippen LogP contribution in [-0.4, -0.2) is 0 Å². The topological polar surface area (TPSA) is 16.4 Å². The van der Waals surface area contributed by atoms with E-state index in [1.807, 2.05) is 0 Å². The second-order valence-electron chi connectivity index (χ2n) is 22.4. The predicted molar refractivity (Wildman–Crippen MR) is 308 cm³/mol. The van der Waals surface area contributed by atoms with Crippen molar-refractivity contribution in [3.05, 3.63) is 258 Å². The second-order valence-corrected chi connectivity index (χ2v) is 22.4. The highest BCUT2D eigenvalue weighted by Gasteiger charge is 2.52. The van der Waals surface area contributed by atoms with E-state index in [2.05, 4.69) is 271 Å². The maximum Gasteiger partial charge on any atom is 0.136 e. The van der Waals surface area contributed by atoms with E-state index in [-0.39, 0.29) is 10.8 Å². The van der Waals surface area contributed by atoms with Crippen LogP contribution in [0.1, 0.15) is 74.9 Å². The average Bonchev–Trinajstić information content (AvgIpc) is 4.03. The maximum absolute atomic E-state index is 6.72. The summed E-state index contributed by atoms with van der Waals surface area (Å²) in [4.78, 5) is 2.50. The minimum absolute atomic E-state index is 0.0423. The molecule has 0 amide bonds. The van der Waals surface area contributed by atoms with E-state index < -0.39 is 5.41 Å². The van der Waals surface area contributed by atoms with E-state index in [4.69, 9.17) is 4.42 Å². The van der Waals surface area contributed by atoms with Gasteiger partial charge in [0.1, 0.15) is 11.2 Å². The molecule has 2 aliphatic rings. The molecule has 0 bridgehead atoms. The Balaban J connectivity index is 1.04. The third-order valence-corrected chi connectivity index (χ3v) is 16.2. The van der Waals surface area contributed by atoms with Crippen molar-refractivity contribution < 1.29 is 4.42 Å². The van der Waals surface area contributed by atoms with E-state index in [1.54, 1.807) is 0 Å². The summed E-state index contributed by atoms with van der Waals surface area (Å²) in [5.41, 5.74) is 22.3. The summed E-state index contributed by atoms with van der Waals surface area (Å²) >= 11 is 0. The average molecular weight is 938 g/mol. The minimum atomic E-state index is -0.553. The number of furan rings is 1. The van der Waals surface area contributed by atoms with Gasteiger partial charge in [-0.05, 0) is 153 Å². The van der Waals surface area contributed by atoms with Crippen LogP contribution in [0.3, 0.4) is 0 Å². The highest BCUT2D eigenvalue weighted by molar-refractivity contribution is 6.17. The molecule has 0 N–H and O–H groups in total. The number of para-hydroxylation sites is 1. The summed E-state index contributed by atoms with van der Waals surface area (Å²) in [5.74, 6) is 0. The maximum atomic E-state index is 6.72. The van der Waals surface area contributed by atoms with Crippen molar-refractivity contribution >= 4 is 60.5 Å². The van der Waals surface area contributed by atoms with Crippen LogP contribution in [-0.2, 0) is 16.2 Å². The van der Waals surface area contributed by atoms with Crippen LogP contribution in [0.25, 0.3) is 88.0 Å². The first-order chi connectivity index (χ1) is 35.4. The molecule has 0 fully saturated rings. The first kappa shape index (κ1) is 43.3. The van der Waals surface area contributed by atoms with Gasteiger partial charge in [-0.2, -0.15) is 0 Å². The molecule has 1 aromatic heterocycles. The Hall–Kier alpha value is -8.46. The second kappa shape index (κ2) is 15.8. The molecule has 0 atom stereocenters. The van der Waals surface area contributed by atoms with Crippen LogP contribution < -0.4 is 4.90 Å². The number of hydrogen-bond donors (Lipinski definition) is 0. The highest BCUT2D eigenvalue weighted by atomic mass is 16.3. The van der Waals surface area contributed by atoms with Gasteiger partial charge in [-0.15, -0.1) is 0 Å². The van der Waals surface area contributed by atoms with E-state index in [1.165, 1.54) is 88.3 Å². The third-order valence-electron chi connectivity index (χ3n) is 16.2. The lowest BCUT2D eigenvalue weighted by Gasteiger charge is -2.34. The highest BCUT2D eigenvalue weighted by Crippen LogP contribution is 2.64. The monoisotopic (exact) mass is 937 g/mol. The zero-order chi connectivity index (χ0) is 49.4. The fourth-order valence-corrected chi connectivity index (χ4v) is 12.6. The lowest BCUT2D eigenvalue weighted by Crippen LogP contribution is -2.27. The number of fused-ring (bicyclic) bond motifs is 15. The predicted octanol–water partition coefficient (Wildman–Crippen LogP) is 19.6. The van der Waals surface area contributed by atoms with Gasteiger partial charge in [0, 0.05) is 27.7 Å². The SMILES string of the molecule is CC(C)(C)c1ccc2c(c1)C1(c3ccccc3-c3ccc(N(c4ccc(-c5cccc6ccccc56)cc4)c4ccccc4-c4cccc5oc6cc7ccccc7cc6c45)cc31)c1cc(C(C)(C)C)ccc1-2. The molecule has 0 unspecified atom stereocenters. The Morgan fingerprint density at radius 3 is 1.58 bits per heavy atom. The van der Waals surface area contributed by atoms with Gasteiger partial charge in [-0.1, -0.05) is 217 Å². The van der Waals surface area contributed by atoms with Crippen molar-refractivity contribution in [2.75, 3.05) is 4.90 Å². The van der Waals surface area contributed by atoms with Crippen molar-refractivity contribution in [3.63, 3.8) is 0 Å². The zero-order valence-electron chi connectivity index (χ0n) is 42.2. The van der Waals surface area contributed by atoms with Gasteiger partial charge in [0.15, 0.2) is 0 Å². The molecule has 2 heteroatoms. The van der Waals surface area contributed by atoms with Crippen LogP contribution in [0.5, 0.6) is 0 Å². The summed E-state index contributed by atoms with van der Waals surface area (Å²) in [6.45, 7) is 14.0. The van der Waals surface area contributed by atoms with Gasteiger partial charge in [0.25, 0.3) is 0 Å². The van der Waals surface area contributed by atoms with E-state index in [9.17, 15) is 0 Å². The van der Waals surface area contributed by atoms with Crippen molar-refractivity contribution in [1.29, 1.82) is 0 Å². The Morgan fingerprint density at radius 1 is 0.342 bits per heavy atom. The Bertz CT molecular complexity index is 4160. The van der Waals surface area contributed by atoms with Gasteiger partial charge in [-0.25, -0.2) is 0 Å². The summed E-state index contributed by atoms with van der Waals surface area (Å²) in [7, 11) is 0. The van der Waals surface area contributed by atoms with E-state index in [0.717, 1.165) is 50.1 Å². The van der Waals surface area contributed by atoms with Crippen molar-refractivity contribution in [2.45, 2.75) is 57.8 Å². The van der Waals surface area contributed by atoms with Crippen molar-refractivity contribution in [3.8, 4) is 44.5 Å². The molecular formula is C71H55NO. The van der Waals surface area contributed by atoms with E-state index >= 15 is 0 Å². The van der Waals surface area contributed by atoms with Gasteiger partial charge >= 0.3 is 0 Å². The van der Waals surface area contributed by atoms with Crippen LogP contribution in [0, 0.1) is 0 Å². The van der Waals surface area contributed by atoms with Gasteiger partial charge < -0.3 is 9.32 Å². The number of anilines is 3. The van der Waals surface area contributed by atoms with Crippen LogP contribution >= 0.6 is 0 Å². The molecule has 73 heavy (non-hydrogen) atoms. The van der Waals surface area contributed by atoms with Gasteiger partial charge in [-0.3, -0.25) is 0 Å². The first-order valence-corrected chi connectivity index (χ1v) is 25.8. The minimum Gasteiger partial charge on any atom is -0.456 e. The van der Waals surface area contributed by atoms with Crippen molar-refractivity contribution in [2.24, 2.45) is 0 Å². The molecule has 0 radical (unpaired) electrons. The summed E-state index contributed by atoms with van der Waals surface area (Å²) in [5, 5.41) is 7.08. The quantitative estimate of drug-likeness (QED) is 0.171. The van der Waals surface area contributed by atoms with Crippen LogP contribution in [0.15, 0.2) is 229 Å². The Labute approximate surface area is 427 Å². The molecule has 2 nitrogen and oxygen atoms in total. The number of nitrogens with zero attached hydrogens (tertiary/aromatic N) is 1. The molecule has 2 aliphatic carbocycles. The fraction of sp³-hybridized carbons (Fsp3) is 0.127. The summed E-state index contributed by atoms with van der Waals surface area (Å²) < 4.78 is 6.72. The largest absolute Gasteiger partial charge is 0.456 e. The molecule has 350 valence electrons. The number of hydrogen-bond acceptors (Lipinski definition) is 2. The smallest absolute Gasteiger partial charge is 0.136 e. The normalized spacial score (nSPS) is 13.5. The molecule has 1 spiro atoms. The number of rotatable bonds is 5. The van der Waals surface area contributed by atoms with Crippen molar-refractivity contribution in [1.82, 2.24) is 0 Å². The molecule has 0 aliphatic heterocycles. The molecule has 12 aromatic rings. The molecule has 11 aromatic carbocycles. The van der Waals surface area contributed by atoms with Crippen LogP contribution in [0.4, 0.5) is 17.1 Å². The molecule has 1 heterocycles. The lowest BCUT2D eigenvalue weighted by molar-refractivity contribution is 0.586. The fourth-order valence-electron chi connectivity index (χ4n) is 12.6. The molecule has 0 saturated heterocycles. The van der Waals surface area contributed by atoms with E-state index in [0.29, 0.717) is 0 Å². The Kier molecular flexibility index (Phi) is 9.36. The molecule has 14 rings (SSSR count). The Morgan fingerprint density at radius 2 is 0.863 bits per heavy atom. The standard InChI is InChI=1S/C71H55NO/c1-69(2,3)48-31-36-55-56-37-32-49(70(4,5)6)42-63(56)71(62(55)41-48)61-26-13-11-22-54(61)57-38-35-51(43-64(57)71)72(50-33-29-45(30-34-50)53-24-15-20-44-17-9-10-21-52(44)53)65-27-14-12-23-58(65)59-25-16-28-66-68(59)60-39-46-18-7-8-19-47(46)40-67(60)73-66/h7-43H,1-6H3. The lowest BCUT2D eigenvalue weighted by atomic mass is 9.68. The van der Waals surface area contributed by atoms with Gasteiger partial charge in [0.2, 0.25) is 0 Å². The first-order valence-electron chi connectivity index (χ1n) is 25.8. The van der Waals surface area contributed by atoms with Crippen LogP contribution in [0.2, 0.25) is 0 Å². The summed E-state index contributed by atoms with van der Waals surface area (Å²) in [6, 6.07) is 84.2. The zero-order valence-corrected chi connectivity index (χ0v) is 42.2. The number of benzene rings is 11. The molecule has 0 saturated carbocycles. The summed E-state index contributed by atoms with van der Waals surface area (Å²) in [6.07, 6.45) is 0. The molecular weight excluding hydrogens is 883 g/mol. The van der Waals surface area contributed by atoms with Gasteiger partial charge in [0.05, 0.1) is 11.1 Å².